The molecule has 1 aromatic heterocycles. The summed E-state index contributed by atoms with van der Waals surface area (Å²) in [6, 6.07) is 22.1. The number of nitriles is 1. The molecule has 0 aliphatic carbocycles. The van der Waals surface area contributed by atoms with Crippen LogP contribution in [-0.2, 0) is 31.7 Å². The zero-order chi connectivity index (χ0) is 30.3. The van der Waals surface area contributed by atoms with Gasteiger partial charge in [0.2, 0.25) is 5.91 Å². The lowest BCUT2D eigenvalue weighted by atomic mass is 9.71. The molecule has 11 heteroatoms. The molecule has 2 heterocycles. The predicted molar refractivity (Wildman–Crippen MR) is 155 cm³/mol. The standard InChI is InChI=1S/C31H23ClN4O6/c1-35-22-11-7-6-10-20(22)26(37)24(28(35)39)23-25(30(41)42-2)31(21(16-33)27(34)38,17-12-14-18(32)15-13-17)36(29(23)40)19-8-4-3-5-9-19/h3-15,21,37H,1-2H3,(H2,34,38). The Balaban J connectivity index is 2.07. The van der Waals surface area contributed by atoms with Crippen molar-refractivity contribution in [2.75, 3.05) is 12.0 Å². The van der Waals surface area contributed by atoms with E-state index < -0.39 is 57.3 Å². The molecule has 2 amide bonds. The number of aromatic hydroxyl groups is 1. The lowest BCUT2D eigenvalue weighted by Crippen LogP contribution is -2.56. The van der Waals surface area contributed by atoms with E-state index in [0.717, 1.165) is 12.0 Å². The van der Waals surface area contributed by atoms with Crippen molar-refractivity contribution in [3.8, 4) is 11.8 Å². The number of nitrogens with two attached hydrogens (primary N) is 1. The lowest BCUT2D eigenvalue weighted by Gasteiger charge is -2.42. The highest BCUT2D eigenvalue weighted by atomic mass is 35.5. The quantitative estimate of drug-likeness (QED) is 0.330. The number of anilines is 1. The van der Waals surface area contributed by atoms with Crippen LogP contribution in [0.25, 0.3) is 16.5 Å². The zero-order valence-electron chi connectivity index (χ0n) is 22.4. The number of carbonyl (C=O) groups is 3. The molecule has 0 saturated carbocycles. The fourth-order valence-electron chi connectivity index (χ4n) is 5.66. The summed E-state index contributed by atoms with van der Waals surface area (Å²) >= 11 is 6.17. The Kier molecular flexibility index (Phi) is 7.06. The number of primary amides is 1. The van der Waals surface area contributed by atoms with Crippen LogP contribution in [0, 0.1) is 17.2 Å². The van der Waals surface area contributed by atoms with E-state index in [1.165, 1.54) is 48.0 Å². The number of benzene rings is 3. The molecular formula is C31H23ClN4O6. The van der Waals surface area contributed by atoms with E-state index in [0.29, 0.717) is 10.5 Å². The van der Waals surface area contributed by atoms with E-state index in [1.807, 2.05) is 6.07 Å². The molecule has 210 valence electrons. The Morgan fingerprint density at radius 1 is 1.02 bits per heavy atom. The van der Waals surface area contributed by atoms with Gasteiger partial charge in [0.1, 0.15) is 11.3 Å². The van der Waals surface area contributed by atoms with Gasteiger partial charge in [0.05, 0.1) is 35.4 Å². The average molecular weight is 583 g/mol. The maximum atomic E-state index is 14.7. The number of methoxy groups -OCH3 is 1. The molecule has 0 bridgehead atoms. The number of hydrogen-bond donors (Lipinski definition) is 2. The van der Waals surface area contributed by atoms with E-state index in [1.54, 1.807) is 42.5 Å². The molecule has 4 aromatic rings. The van der Waals surface area contributed by atoms with Gasteiger partial charge >= 0.3 is 5.97 Å². The number of nitrogens with zero attached hydrogens (tertiary/aromatic N) is 3. The predicted octanol–water partition coefficient (Wildman–Crippen LogP) is 3.39. The number of fused-ring (bicyclic) bond motifs is 1. The largest absolute Gasteiger partial charge is 0.506 e. The van der Waals surface area contributed by atoms with Gasteiger partial charge in [-0.3, -0.25) is 19.3 Å². The zero-order valence-corrected chi connectivity index (χ0v) is 23.1. The van der Waals surface area contributed by atoms with Crippen LogP contribution in [0.4, 0.5) is 5.69 Å². The van der Waals surface area contributed by atoms with Crippen molar-refractivity contribution in [3.63, 3.8) is 0 Å². The number of aryl methyl sites for hydroxylation is 1. The number of amides is 2. The van der Waals surface area contributed by atoms with Crippen LogP contribution < -0.4 is 16.2 Å². The number of para-hydroxylation sites is 2. The average Bonchev–Trinajstić information content (AvgIpc) is 3.25. The Bertz CT molecular complexity index is 1910. The molecule has 3 aromatic carbocycles. The normalized spacial score (nSPS) is 17.3. The van der Waals surface area contributed by atoms with E-state index in [-0.39, 0.29) is 16.6 Å². The number of hydrogen-bond acceptors (Lipinski definition) is 7. The van der Waals surface area contributed by atoms with Crippen molar-refractivity contribution in [2.24, 2.45) is 18.7 Å². The number of esters is 1. The third kappa shape index (κ3) is 3.94. The first kappa shape index (κ1) is 28.1. The highest BCUT2D eigenvalue weighted by molar-refractivity contribution is 6.37. The summed E-state index contributed by atoms with van der Waals surface area (Å²) in [7, 11) is 2.51. The summed E-state index contributed by atoms with van der Waals surface area (Å²) < 4.78 is 6.36. The van der Waals surface area contributed by atoms with Gasteiger partial charge in [-0.25, -0.2) is 4.79 Å². The fraction of sp³-hybridized carbons (Fsp3) is 0.129. The van der Waals surface area contributed by atoms with E-state index in [4.69, 9.17) is 22.1 Å². The van der Waals surface area contributed by atoms with Gasteiger partial charge in [-0.2, -0.15) is 5.26 Å². The van der Waals surface area contributed by atoms with Crippen LogP contribution in [0.2, 0.25) is 5.02 Å². The number of rotatable bonds is 6. The maximum Gasteiger partial charge on any atom is 0.337 e. The molecule has 1 aliphatic rings. The molecule has 2 atom stereocenters. The van der Waals surface area contributed by atoms with Crippen molar-refractivity contribution >= 4 is 51.5 Å². The minimum Gasteiger partial charge on any atom is -0.506 e. The first-order valence-electron chi connectivity index (χ1n) is 12.6. The van der Waals surface area contributed by atoms with Crippen molar-refractivity contribution in [3.05, 3.63) is 111 Å². The van der Waals surface area contributed by atoms with Crippen LogP contribution in [0.15, 0.2) is 89.2 Å². The molecule has 0 spiro atoms. The van der Waals surface area contributed by atoms with Gasteiger partial charge in [-0.15, -0.1) is 0 Å². The summed E-state index contributed by atoms with van der Waals surface area (Å²) in [4.78, 5) is 56.6. The third-order valence-corrected chi connectivity index (χ3v) is 7.70. The highest BCUT2D eigenvalue weighted by Crippen LogP contribution is 2.54. The van der Waals surface area contributed by atoms with Crippen LogP contribution >= 0.6 is 11.6 Å². The Morgan fingerprint density at radius 3 is 2.24 bits per heavy atom. The Hall–Kier alpha value is -5.40. The number of halogens is 1. The molecule has 2 unspecified atom stereocenters. The highest BCUT2D eigenvalue weighted by Gasteiger charge is 2.63. The van der Waals surface area contributed by atoms with Gasteiger partial charge in [-0.05, 0) is 42.0 Å². The van der Waals surface area contributed by atoms with Crippen molar-refractivity contribution < 1.29 is 24.2 Å². The van der Waals surface area contributed by atoms with Gasteiger partial charge in [0.25, 0.3) is 11.5 Å². The van der Waals surface area contributed by atoms with Crippen molar-refractivity contribution in [1.82, 2.24) is 4.57 Å². The number of ether oxygens (including phenoxy) is 1. The summed E-state index contributed by atoms with van der Waals surface area (Å²) in [5, 5.41) is 22.4. The smallest absolute Gasteiger partial charge is 0.337 e. The monoisotopic (exact) mass is 582 g/mol. The maximum absolute atomic E-state index is 14.7. The molecule has 3 N–H and O–H groups in total. The first-order chi connectivity index (χ1) is 20.1. The topological polar surface area (TPSA) is 156 Å². The van der Waals surface area contributed by atoms with E-state index >= 15 is 0 Å². The summed E-state index contributed by atoms with van der Waals surface area (Å²) in [5.74, 6) is -5.66. The molecule has 10 nitrogen and oxygen atoms in total. The van der Waals surface area contributed by atoms with Crippen LogP contribution in [0.3, 0.4) is 0 Å². The molecule has 1 aliphatic heterocycles. The number of aromatic nitrogens is 1. The third-order valence-electron chi connectivity index (χ3n) is 7.45. The number of pyridine rings is 1. The SMILES string of the molecule is COC(=O)C1=C(c2c(O)c3ccccc3n(C)c2=O)C(=O)N(c2ccccc2)C1(c1ccc(Cl)cc1)C(C#N)C(N)=O. The molecular weight excluding hydrogens is 560 g/mol. The molecule has 0 saturated heterocycles. The van der Waals surface area contributed by atoms with Gasteiger partial charge < -0.3 is 20.1 Å². The second-order valence-electron chi connectivity index (χ2n) is 9.56. The summed E-state index contributed by atoms with van der Waals surface area (Å²) in [5.41, 5.74) is 1.85. The molecule has 0 fully saturated rings. The molecule has 42 heavy (non-hydrogen) atoms. The Morgan fingerprint density at radius 2 is 1.64 bits per heavy atom. The minimum atomic E-state index is -2.24. The van der Waals surface area contributed by atoms with Crippen LogP contribution in [-0.4, -0.2) is 34.6 Å². The van der Waals surface area contributed by atoms with Gasteiger partial charge in [-0.1, -0.05) is 54.1 Å². The molecule has 5 rings (SSSR count). The van der Waals surface area contributed by atoms with Crippen LogP contribution in [0.5, 0.6) is 5.75 Å². The second-order valence-corrected chi connectivity index (χ2v) is 10.00. The first-order valence-corrected chi connectivity index (χ1v) is 13.0. The Labute approximate surface area is 244 Å². The minimum absolute atomic E-state index is 0.113. The fourth-order valence-corrected chi connectivity index (χ4v) is 5.78. The molecule has 0 radical (unpaired) electrons. The summed E-state index contributed by atoms with van der Waals surface area (Å²) in [6.07, 6.45) is 0. The van der Waals surface area contributed by atoms with Gasteiger partial charge in [0, 0.05) is 23.1 Å². The summed E-state index contributed by atoms with van der Waals surface area (Å²) in [6.45, 7) is 0. The van der Waals surface area contributed by atoms with Gasteiger partial charge in [0.15, 0.2) is 5.92 Å². The number of carbonyl (C=O) groups excluding carboxylic acids is 3. The van der Waals surface area contributed by atoms with Crippen molar-refractivity contribution in [1.29, 1.82) is 5.26 Å². The second kappa shape index (κ2) is 10.5. The van der Waals surface area contributed by atoms with Crippen molar-refractivity contribution in [2.45, 2.75) is 5.54 Å². The van der Waals surface area contributed by atoms with E-state index in [9.17, 15) is 29.5 Å². The van der Waals surface area contributed by atoms with E-state index in [2.05, 4.69) is 0 Å². The van der Waals surface area contributed by atoms with Crippen LogP contribution in [0.1, 0.15) is 11.1 Å². The lowest BCUT2D eigenvalue weighted by molar-refractivity contribution is -0.137.